The third-order valence-electron chi connectivity index (χ3n) is 13.3. The van der Waals surface area contributed by atoms with Crippen LogP contribution in [0.4, 0.5) is 0 Å². The predicted molar refractivity (Wildman–Crippen MR) is 231 cm³/mol. The van der Waals surface area contributed by atoms with Crippen LogP contribution in [0.25, 0.3) is 78.0 Å². The molecule has 0 radical (unpaired) electrons. The summed E-state index contributed by atoms with van der Waals surface area (Å²) in [6, 6.07) is 54.7. The Morgan fingerprint density at radius 3 is 1.24 bits per heavy atom. The van der Waals surface area contributed by atoms with Gasteiger partial charge in [0, 0.05) is 16.7 Å². The number of nitriles is 2. The molecule has 276 valence electrons. The van der Waals surface area contributed by atoms with Crippen molar-refractivity contribution in [1.82, 2.24) is 15.0 Å². The lowest BCUT2D eigenvalue weighted by Crippen LogP contribution is -2.48. The van der Waals surface area contributed by atoms with E-state index < -0.39 is 0 Å². The standard InChI is InChI=1S/C53H39N5/c54-31-36-25-37(32-55)27-42(26-36)49-46-12-6-4-10-44(46)48(45-11-5-7-13-47(45)49)38-14-16-40(17-15-38)51-56-50(39-8-2-1-3-9-39)57-52(58-51)41-18-20-43(21-19-41)53-28-33-22-34(29-53)24-35(23-33)30-53/h1-21,25-27,33-35H,22-24,28-30H2/t33-,34-,35-,53?. The molecule has 12 rings (SSSR count). The minimum absolute atomic E-state index is 0.342. The zero-order valence-electron chi connectivity index (χ0n) is 32.1. The molecule has 0 aliphatic heterocycles. The van der Waals surface area contributed by atoms with E-state index in [0.717, 1.165) is 78.2 Å². The van der Waals surface area contributed by atoms with Crippen molar-refractivity contribution in [3.05, 3.63) is 162 Å². The van der Waals surface area contributed by atoms with E-state index >= 15 is 0 Å². The van der Waals surface area contributed by atoms with Crippen LogP contribution < -0.4 is 0 Å². The molecule has 5 heteroatoms. The van der Waals surface area contributed by atoms with E-state index in [-0.39, 0.29) is 0 Å². The zero-order valence-corrected chi connectivity index (χ0v) is 32.1. The summed E-state index contributed by atoms with van der Waals surface area (Å²) in [4.78, 5) is 15.2. The molecule has 5 nitrogen and oxygen atoms in total. The number of nitrogens with zero attached hydrogens (tertiary/aromatic N) is 5. The lowest BCUT2D eigenvalue weighted by atomic mass is 9.48. The maximum Gasteiger partial charge on any atom is 0.164 e. The van der Waals surface area contributed by atoms with Crippen molar-refractivity contribution in [2.75, 3.05) is 0 Å². The van der Waals surface area contributed by atoms with E-state index in [1.807, 2.05) is 42.5 Å². The fourth-order valence-corrected chi connectivity index (χ4v) is 11.2. The van der Waals surface area contributed by atoms with Gasteiger partial charge in [0.05, 0.1) is 23.3 Å². The van der Waals surface area contributed by atoms with Crippen molar-refractivity contribution in [3.63, 3.8) is 0 Å². The smallest absolute Gasteiger partial charge is 0.164 e. The summed E-state index contributed by atoms with van der Waals surface area (Å²) in [5.41, 5.74) is 9.71. The van der Waals surface area contributed by atoms with Crippen LogP contribution in [-0.2, 0) is 5.41 Å². The first-order valence-electron chi connectivity index (χ1n) is 20.5. The van der Waals surface area contributed by atoms with Gasteiger partial charge in [-0.25, -0.2) is 15.0 Å². The van der Waals surface area contributed by atoms with Crippen LogP contribution in [0.15, 0.2) is 146 Å². The van der Waals surface area contributed by atoms with E-state index in [9.17, 15) is 10.5 Å². The molecule has 4 saturated carbocycles. The van der Waals surface area contributed by atoms with Crippen molar-refractivity contribution in [3.8, 4) is 68.6 Å². The van der Waals surface area contributed by atoms with Gasteiger partial charge in [0.1, 0.15) is 0 Å². The Labute approximate surface area is 338 Å². The summed E-state index contributed by atoms with van der Waals surface area (Å²) in [7, 11) is 0. The van der Waals surface area contributed by atoms with Crippen molar-refractivity contribution >= 4 is 21.5 Å². The molecule has 4 aliphatic carbocycles. The molecule has 0 saturated heterocycles. The molecule has 1 aromatic heterocycles. The average Bonchev–Trinajstić information content (AvgIpc) is 3.27. The normalized spacial score (nSPS) is 20.6. The molecule has 58 heavy (non-hydrogen) atoms. The highest BCUT2D eigenvalue weighted by Gasteiger charge is 2.51. The Balaban J connectivity index is 1.00. The second-order valence-electron chi connectivity index (χ2n) is 16.9. The van der Waals surface area contributed by atoms with Gasteiger partial charge in [-0.05, 0) is 129 Å². The summed E-state index contributed by atoms with van der Waals surface area (Å²) in [6.07, 6.45) is 8.36. The first kappa shape index (κ1) is 34.3. The molecule has 0 atom stereocenters. The highest BCUT2D eigenvalue weighted by atomic mass is 15.0. The minimum atomic E-state index is 0.342. The van der Waals surface area contributed by atoms with Gasteiger partial charge in [0.15, 0.2) is 17.5 Å². The Kier molecular flexibility index (Phi) is 8.05. The second kappa shape index (κ2) is 13.6. The number of rotatable bonds is 6. The number of fused-ring (bicyclic) bond motifs is 2. The molecule has 0 spiro atoms. The van der Waals surface area contributed by atoms with E-state index in [2.05, 4.69) is 109 Å². The van der Waals surface area contributed by atoms with E-state index in [0.29, 0.717) is 34.0 Å². The predicted octanol–water partition coefficient (Wildman–Crippen LogP) is 12.7. The van der Waals surface area contributed by atoms with Crippen molar-refractivity contribution in [1.29, 1.82) is 10.5 Å². The van der Waals surface area contributed by atoms with Gasteiger partial charge in [0.2, 0.25) is 0 Å². The van der Waals surface area contributed by atoms with Crippen LogP contribution in [0, 0.1) is 40.4 Å². The number of aromatic nitrogens is 3. The van der Waals surface area contributed by atoms with Crippen LogP contribution in [0.3, 0.4) is 0 Å². The molecule has 0 amide bonds. The van der Waals surface area contributed by atoms with Gasteiger partial charge in [-0.1, -0.05) is 127 Å². The van der Waals surface area contributed by atoms with E-state index in [4.69, 9.17) is 15.0 Å². The summed E-state index contributed by atoms with van der Waals surface area (Å²) in [6.45, 7) is 0. The monoisotopic (exact) mass is 745 g/mol. The Morgan fingerprint density at radius 2 is 0.793 bits per heavy atom. The van der Waals surface area contributed by atoms with Crippen LogP contribution >= 0.6 is 0 Å². The molecule has 0 N–H and O–H groups in total. The minimum Gasteiger partial charge on any atom is -0.208 e. The van der Waals surface area contributed by atoms with Crippen LogP contribution in [-0.4, -0.2) is 15.0 Å². The molecule has 7 aromatic carbocycles. The largest absolute Gasteiger partial charge is 0.208 e. The topological polar surface area (TPSA) is 86.2 Å². The number of hydrogen-bond acceptors (Lipinski definition) is 5. The van der Waals surface area contributed by atoms with Gasteiger partial charge in [-0.2, -0.15) is 10.5 Å². The molecule has 0 unspecified atom stereocenters. The lowest BCUT2D eigenvalue weighted by Gasteiger charge is -2.57. The third kappa shape index (κ3) is 5.77. The van der Waals surface area contributed by atoms with Crippen molar-refractivity contribution < 1.29 is 0 Å². The van der Waals surface area contributed by atoms with Gasteiger partial charge < -0.3 is 0 Å². The number of benzene rings is 7. The highest BCUT2D eigenvalue weighted by molar-refractivity contribution is 6.21. The van der Waals surface area contributed by atoms with Crippen molar-refractivity contribution in [2.45, 2.75) is 43.9 Å². The molecule has 1 heterocycles. The molecule has 4 aliphatic rings. The first-order chi connectivity index (χ1) is 28.5. The highest BCUT2D eigenvalue weighted by Crippen LogP contribution is 2.60. The molecular weight excluding hydrogens is 707 g/mol. The summed E-state index contributed by atoms with van der Waals surface area (Å²) in [5, 5.41) is 23.9. The molecule has 8 aromatic rings. The van der Waals surface area contributed by atoms with Gasteiger partial charge in [-0.15, -0.1) is 0 Å². The van der Waals surface area contributed by atoms with Crippen molar-refractivity contribution in [2.24, 2.45) is 17.8 Å². The average molecular weight is 746 g/mol. The second-order valence-corrected chi connectivity index (χ2v) is 16.9. The molecular formula is C53H39N5. The Bertz CT molecular complexity index is 2860. The van der Waals surface area contributed by atoms with E-state index in [1.54, 1.807) is 6.07 Å². The van der Waals surface area contributed by atoms with Gasteiger partial charge >= 0.3 is 0 Å². The summed E-state index contributed by atoms with van der Waals surface area (Å²) in [5.74, 6) is 4.68. The maximum atomic E-state index is 9.82. The lowest BCUT2D eigenvalue weighted by molar-refractivity contribution is -0.00518. The summed E-state index contributed by atoms with van der Waals surface area (Å²) >= 11 is 0. The maximum absolute atomic E-state index is 9.82. The SMILES string of the molecule is N#Cc1cc(C#N)cc(-c2c3ccccc3c(-c3ccc(-c4nc(-c5ccccc5)nc(-c5ccc(C67C[C@H]8C[C@H](C6)C[C@@H](C7)C8)cc5)n4)cc3)c3ccccc23)c1. The number of hydrogen-bond donors (Lipinski definition) is 0. The Hall–Kier alpha value is -6.95. The van der Waals surface area contributed by atoms with E-state index in [1.165, 1.54) is 44.1 Å². The third-order valence-corrected chi connectivity index (χ3v) is 13.3. The fraction of sp³-hybridized carbons (Fsp3) is 0.189. The van der Waals surface area contributed by atoms with Gasteiger partial charge in [-0.3, -0.25) is 0 Å². The fourth-order valence-electron chi connectivity index (χ4n) is 11.2. The molecule has 4 bridgehead atoms. The Morgan fingerprint density at radius 1 is 0.414 bits per heavy atom. The van der Waals surface area contributed by atoms with Gasteiger partial charge in [0.25, 0.3) is 0 Å². The molecule has 4 fully saturated rings. The van der Waals surface area contributed by atoms with Crippen LogP contribution in [0.2, 0.25) is 0 Å². The summed E-state index contributed by atoms with van der Waals surface area (Å²) < 4.78 is 0. The van der Waals surface area contributed by atoms with Crippen LogP contribution in [0.1, 0.15) is 55.2 Å². The zero-order chi connectivity index (χ0) is 38.8. The van der Waals surface area contributed by atoms with Crippen LogP contribution in [0.5, 0.6) is 0 Å². The quantitative estimate of drug-likeness (QED) is 0.158. The first-order valence-corrected chi connectivity index (χ1v) is 20.5.